The number of carbonyl (C=O) groups is 2. The molecule has 1 aromatic carbocycles. The number of benzene rings is 1. The Labute approximate surface area is 147 Å². The molecule has 2 heterocycles. The minimum absolute atomic E-state index is 0.0420. The number of nitrogens with zero attached hydrogens (tertiary/aromatic N) is 3. The van der Waals surface area contributed by atoms with Crippen molar-refractivity contribution in [1.29, 1.82) is 0 Å². The second-order valence-electron chi connectivity index (χ2n) is 7.22. The minimum atomic E-state index is -0.653. The summed E-state index contributed by atoms with van der Waals surface area (Å²) in [6.07, 6.45) is 6.41. The van der Waals surface area contributed by atoms with Crippen LogP contribution in [0.15, 0.2) is 24.3 Å². The molecule has 132 valence electrons. The van der Waals surface area contributed by atoms with Crippen LogP contribution in [0, 0.1) is 0 Å². The second-order valence-corrected chi connectivity index (χ2v) is 7.22. The highest BCUT2D eigenvalue weighted by Gasteiger charge is 2.50. The van der Waals surface area contributed by atoms with E-state index in [1.54, 1.807) is 0 Å². The molecule has 2 fully saturated rings. The topological polar surface area (TPSA) is 67.2 Å². The number of nitrogens with one attached hydrogen (secondary N) is 1. The third kappa shape index (κ3) is 2.69. The maximum absolute atomic E-state index is 13.0. The van der Waals surface area contributed by atoms with Gasteiger partial charge in [0.2, 0.25) is 0 Å². The highest BCUT2D eigenvalue weighted by Crippen LogP contribution is 2.32. The molecule has 25 heavy (non-hydrogen) atoms. The van der Waals surface area contributed by atoms with Crippen LogP contribution in [0.4, 0.5) is 4.79 Å². The Balaban J connectivity index is 1.52. The molecule has 0 atom stereocenters. The number of aryl methyl sites for hydroxylation is 1. The predicted octanol–water partition coefficient (Wildman–Crippen LogP) is 2.76. The van der Waals surface area contributed by atoms with E-state index in [2.05, 4.69) is 10.4 Å². The first-order valence-electron chi connectivity index (χ1n) is 9.15. The molecule has 6 heteroatoms. The molecular formula is C19H24N4O2. The first-order valence-corrected chi connectivity index (χ1v) is 9.15. The van der Waals surface area contributed by atoms with E-state index in [9.17, 15) is 9.59 Å². The van der Waals surface area contributed by atoms with Crippen molar-refractivity contribution >= 4 is 22.8 Å². The maximum Gasteiger partial charge on any atom is 0.325 e. The van der Waals surface area contributed by atoms with E-state index < -0.39 is 5.54 Å². The number of hydrogen-bond donors (Lipinski definition) is 1. The lowest BCUT2D eigenvalue weighted by Crippen LogP contribution is -2.46. The molecule has 0 radical (unpaired) electrons. The number of fused-ring (bicyclic) bond motifs is 1. The van der Waals surface area contributed by atoms with Gasteiger partial charge in [-0.25, -0.2) is 4.79 Å². The molecule has 3 amide bonds. The lowest BCUT2D eigenvalue weighted by molar-refractivity contribution is -0.131. The highest BCUT2D eigenvalue weighted by molar-refractivity contribution is 6.07. The average molecular weight is 340 g/mol. The molecule has 2 aromatic rings. The number of urea groups is 1. The summed E-state index contributed by atoms with van der Waals surface area (Å²) in [6.45, 7) is 0.382. The van der Waals surface area contributed by atoms with Crippen molar-refractivity contribution in [1.82, 2.24) is 20.0 Å². The van der Waals surface area contributed by atoms with E-state index in [1.165, 1.54) is 4.90 Å². The van der Waals surface area contributed by atoms with Gasteiger partial charge in [0.25, 0.3) is 5.91 Å². The molecule has 0 unspecified atom stereocenters. The fourth-order valence-electron chi connectivity index (χ4n) is 4.24. The molecule has 0 bridgehead atoms. The number of carbonyl (C=O) groups excluding carboxylic acids is 2. The smallest absolute Gasteiger partial charge is 0.323 e. The summed E-state index contributed by atoms with van der Waals surface area (Å²) >= 11 is 0. The lowest BCUT2D eigenvalue weighted by atomic mass is 9.90. The molecular weight excluding hydrogens is 316 g/mol. The van der Waals surface area contributed by atoms with Crippen LogP contribution >= 0.6 is 0 Å². The van der Waals surface area contributed by atoms with Crippen LogP contribution in [0.3, 0.4) is 0 Å². The molecule has 1 N–H and O–H groups in total. The Hall–Kier alpha value is -2.37. The number of aromatic nitrogens is 2. The molecule has 2 aliphatic rings. The van der Waals surface area contributed by atoms with Gasteiger partial charge in [0, 0.05) is 25.4 Å². The Morgan fingerprint density at radius 3 is 2.60 bits per heavy atom. The highest BCUT2D eigenvalue weighted by atomic mass is 16.2. The van der Waals surface area contributed by atoms with Crippen molar-refractivity contribution < 1.29 is 9.59 Å². The van der Waals surface area contributed by atoms with Crippen molar-refractivity contribution in [2.24, 2.45) is 7.05 Å². The van der Waals surface area contributed by atoms with Crippen molar-refractivity contribution in [3.63, 3.8) is 0 Å². The standard InChI is InChI=1S/C19H24N4O2/c1-22-16-9-5-4-8-14(16)15(21-22)10-13-23-17(24)19(20-18(23)25)11-6-2-3-7-12-19/h4-5,8-9H,2-3,6-7,10-13H2,1H3,(H,20,25). The van der Waals surface area contributed by atoms with Crippen molar-refractivity contribution in [3.05, 3.63) is 30.0 Å². The van der Waals surface area contributed by atoms with Gasteiger partial charge in [-0.05, 0) is 18.9 Å². The van der Waals surface area contributed by atoms with E-state index in [0.717, 1.165) is 55.1 Å². The Morgan fingerprint density at radius 2 is 1.84 bits per heavy atom. The van der Waals surface area contributed by atoms with E-state index in [4.69, 9.17) is 0 Å². The van der Waals surface area contributed by atoms with E-state index in [-0.39, 0.29) is 11.9 Å². The molecule has 1 aromatic heterocycles. The van der Waals surface area contributed by atoms with E-state index >= 15 is 0 Å². The number of amides is 3. The Kier molecular flexibility index (Phi) is 3.98. The van der Waals surface area contributed by atoms with Crippen molar-refractivity contribution in [3.8, 4) is 0 Å². The molecule has 4 rings (SSSR count). The van der Waals surface area contributed by atoms with Gasteiger partial charge in [-0.1, -0.05) is 43.9 Å². The van der Waals surface area contributed by atoms with Gasteiger partial charge >= 0.3 is 6.03 Å². The third-order valence-corrected chi connectivity index (χ3v) is 5.61. The quantitative estimate of drug-likeness (QED) is 0.874. The summed E-state index contributed by atoms with van der Waals surface area (Å²) in [7, 11) is 1.92. The van der Waals surface area contributed by atoms with Crippen LogP contribution in [-0.4, -0.2) is 38.7 Å². The Bertz CT molecular complexity index is 818. The predicted molar refractivity (Wildman–Crippen MR) is 95.1 cm³/mol. The zero-order chi connectivity index (χ0) is 17.4. The number of hydrogen-bond acceptors (Lipinski definition) is 3. The van der Waals surface area contributed by atoms with Crippen LogP contribution < -0.4 is 5.32 Å². The molecule has 6 nitrogen and oxygen atoms in total. The lowest BCUT2D eigenvalue weighted by Gasteiger charge is -2.24. The van der Waals surface area contributed by atoms with Crippen LogP contribution in [0.2, 0.25) is 0 Å². The van der Waals surface area contributed by atoms with E-state index in [0.29, 0.717) is 13.0 Å². The van der Waals surface area contributed by atoms with Gasteiger partial charge in [-0.2, -0.15) is 5.10 Å². The zero-order valence-electron chi connectivity index (χ0n) is 14.6. The van der Waals surface area contributed by atoms with Gasteiger partial charge in [0.05, 0.1) is 11.2 Å². The largest absolute Gasteiger partial charge is 0.325 e. The summed E-state index contributed by atoms with van der Waals surface area (Å²) in [5, 5.41) is 8.65. The maximum atomic E-state index is 13.0. The molecule has 1 saturated carbocycles. The third-order valence-electron chi connectivity index (χ3n) is 5.61. The Morgan fingerprint density at radius 1 is 1.12 bits per heavy atom. The monoisotopic (exact) mass is 340 g/mol. The summed E-state index contributed by atoms with van der Waals surface area (Å²) < 4.78 is 1.85. The summed E-state index contributed by atoms with van der Waals surface area (Å²) in [6, 6.07) is 7.80. The zero-order valence-corrected chi connectivity index (χ0v) is 14.6. The molecule has 1 spiro atoms. The van der Waals surface area contributed by atoms with Gasteiger partial charge in [0.15, 0.2) is 0 Å². The average Bonchev–Trinajstić information content (AvgIpc) is 2.91. The fourth-order valence-corrected chi connectivity index (χ4v) is 4.24. The number of para-hydroxylation sites is 1. The summed E-state index contributed by atoms with van der Waals surface area (Å²) in [5.74, 6) is -0.0420. The second kappa shape index (κ2) is 6.17. The SMILES string of the molecule is Cn1nc(CCN2C(=O)NC3(CCCCCC3)C2=O)c2ccccc21. The summed E-state index contributed by atoms with van der Waals surface area (Å²) in [4.78, 5) is 26.8. The van der Waals surface area contributed by atoms with E-state index in [1.807, 2.05) is 36.0 Å². The molecule has 1 aliphatic carbocycles. The van der Waals surface area contributed by atoms with Crippen LogP contribution in [-0.2, 0) is 18.3 Å². The first-order chi connectivity index (χ1) is 12.1. The van der Waals surface area contributed by atoms with Crippen LogP contribution in [0.5, 0.6) is 0 Å². The minimum Gasteiger partial charge on any atom is -0.323 e. The van der Waals surface area contributed by atoms with Crippen molar-refractivity contribution in [2.45, 2.75) is 50.5 Å². The number of imide groups is 1. The van der Waals surface area contributed by atoms with Crippen LogP contribution in [0.25, 0.3) is 10.9 Å². The van der Waals surface area contributed by atoms with Crippen LogP contribution in [0.1, 0.15) is 44.2 Å². The van der Waals surface area contributed by atoms with Gasteiger partial charge in [0.1, 0.15) is 5.54 Å². The first kappa shape index (κ1) is 16.1. The van der Waals surface area contributed by atoms with Gasteiger partial charge in [-0.3, -0.25) is 14.4 Å². The molecule has 1 aliphatic heterocycles. The fraction of sp³-hybridized carbons (Fsp3) is 0.526. The number of rotatable bonds is 3. The van der Waals surface area contributed by atoms with Gasteiger partial charge in [-0.15, -0.1) is 0 Å². The van der Waals surface area contributed by atoms with Crippen molar-refractivity contribution in [2.75, 3.05) is 6.54 Å². The normalized spacial score (nSPS) is 20.3. The summed E-state index contributed by atoms with van der Waals surface area (Å²) in [5.41, 5.74) is 1.34. The van der Waals surface area contributed by atoms with Gasteiger partial charge < -0.3 is 5.32 Å². The molecule has 1 saturated heterocycles.